The number of hydrogen-bond donors (Lipinski definition) is 3. The van der Waals surface area contributed by atoms with Gasteiger partial charge in [-0.3, -0.25) is 9.59 Å². The first-order valence-electron chi connectivity index (χ1n) is 41.1. The molecule has 1 amide bonds. The summed E-state index contributed by atoms with van der Waals surface area (Å²) in [7, 11) is 0. The number of nitrogens with one attached hydrogen (secondary N) is 1. The van der Waals surface area contributed by atoms with Crippen LogP contribution < -0.4 is 5.32 Å². The van der Waals surface area contributed by atoms with Crippen molar-refractivity contribution in [2.75, 3.05) is 13.2 Å². The monoisotopic (exact) mass is 1250 g/mol. The molecule has 89 heavy (non-hydrogen) atoms. The molecule has 0 aliphatic carbocycles. The summed E-state index contributed by atoms with van der Waals surface area (Å²) in [5.74, 6) is -0.0134. The van der Waals surface area contributed by atoms with Gasteiger partial charge in [-0.2, -0.15) is 0 Å². The Kier molecular flexibility index (Phi) is 77.3. The summed E-state index contributed by atoms with van der Waals surface area (Å²) >= 11 is 0. The lowest BCUT2D eigenvalue weighted by Crippen LogP contribution is -2.45. The van der Waals surface area contributed by atoms with Crippen LogP contribution in [0, 0.1) is 0 Å². The minimum absolute atomic E-state index is 0.0108. The number of carbonyl (C=O) groups excluding carboxylic acids is 2. The van der Waals surface area contributed by atoms with Crippen LogP contribution in [0.15, 0.2) is 24.3 Å². The number of unbranched alkanes of at least 4 members (excludes halogenated alkanes) is 63. The second kappa shape index (κ2) is 78.8. The van der Waals surface area contributed by atoms with Crippen LogP contribution in [-0.2, 0) is 14.3 Å². The predicted octanol–water partition coefficient (Wildman–Crippen LogP) is 27.2. The number of carbonyl (C=O) groups is 2. The third-order valence-electron chi connectivity index (χ3n) is 19.5. The Hall–Kier alpha value is -1.66. The largest absolute Gasteiger partial charge is 0.466 e. The van der Waals surface area contributed by atoms with Gasteiger partial charge in [-0.1, -0.05) is 423 Å². The van der Waals surface area contributed by atoms with Crippen molar-refractivity contribution in [2.24, 2.45) is 0 Å². The molecule has 0 aromatic heterocycles. The van der Waals surface area contributed by atoms with Gasteiger partial charge in [-0.05, 0) is 57.8 Å². The highest BCUT2D eigenvalue weighted by Crippen LogP contribution is 2.21. The van der Waals surface area contributed by atoms with Crippen LogP contribution in [0.2, 0.25) is 0 Å². The number of aliphatic hydroxyl groups excluding tert-OH is 2. The fraction of sp³-hybridized carbons (Fsp3) is 0.928. The summed E-state index contributed by atoms with van der Waals surface area (Å²) in [5.41, 5.74) is 0. The number of allylic oxidation sites excluding steroid dienone is 4. The lowest BCUT2D eigenvalue weighted by molar-refractivity contribution is -0.143. The number of rotatable bonds is 78. The summed E-state index contributed by atoms with van der Waals surface area (Å²) in [4.78, 5) is 24.7. The molecule has 0 fully saturated rings. The maximum absolute atomic E-state index is 12.6. The van der Waals surface area contributed by atoms with Crippen molar-refractivity contribution in [3.63, 3.8) is 0 Å². The summed E-state index contributed by atoms with van der Waals surface area (Å²) in [5, 5.41) is 23.4. The van der Waals surface area contributed by atoms with E-state index in [1.165, 1.54) is 385 Å². The van der Waals surface area contributed by atoms with Crippen LogP contribution in [0.25, 0.3) is 0 Å². The molecule has 2 unspecified atom stereocenters. The van der Waals surface area contributed by atoms with E-state index >= 15 is 0 Å². The average molecular weight is 1250 g/mol. The van der Waals surface area contributed by atoms with Crippen molar-refractivity contribution in [2.45, 2.75) is 482 Å². The zero-order valence-corrected chi connectivity index (χ0v) is 60.7. The lowest BCUT2D eigenvalue weighted by Gasteiger charge is -2.22. The zero-order chi connectivity index (χ0) is 64.2. The average Bonchev–Trinajstić information content (AvgIpc) is 3.64. The first kappa shape index (κ1) is 87.3. The molecule has 6 heteroatoms. The summed E-state index contributed by atoms with van der Waals surface area (Å²) < 4.78 is 5.50. The normalized spacial score (nSPS) is 12.5. The molecular formula is C83H161NO5. The van der Waals surface area contributed by atoms with E-state index < -0.39 is 12.1 Å². The van der Waals surface area contributed by atoms with Crippen molar-refractivity contribution >= 4 is 11.9 Å². The van der Waals surface area contributed by atoms with E-state index in [9.17, 15) is 19.8 Å². The number of hydrogen-bond acceptors (Lipinski definition) is 5. The van der Waals surface area contributed by atoms with Crippen molar-refractivity contribution in [1.29, 1.82) is 0 Å². The molecule has 2 atom stereocenters. The third-order valence-corrected chi connectivity index (χ3v) is 19.5. The van der Waals surface area contributed by atoms with E-state index in [4.69, 9.17) is 4.74 Å². The highest BCUT2D eigenvalue weighted by Gasteiger charge is 2.20. The topological polar surface area (TPSA) is 95.9 Å². The second-order valence-electron chi connectivity index (χ2n) is 28.5. The van der Waals surface area contributed by atoms with E-state index in [1.807, 2.05) is 0 Å². The van der Waals surface area contributed by atoms with Gasteiger partial charge in [-0.25, -0.2) is 0 Å². The van der Waals surface area contributed by atoms with Crippen LogP contribution in [0.3, 0.4) is 0 Å². The van der Waals surface area contributed by atoms with Gasteiger partial charge in [0.15, 0.2) is 0 Å². The Balaban J connectivity index is 3.30. The van der Waals surface area contributed by atoms with Gasteiger partial charge in [0.25, 0.3) is 0 Å². The molecule has 0 heterocycles. The van der Waals surface area contributed by atoms with Gasteiger partial charge in [0, 0.05) is 12.8 Å². The van der Waals surface area contributed by atoms with Crippen molar-refractivity contribution < 1.29 is 24.5 Å². The number of ether oxygens (including phenoxy) is 1. The van der Waals surface area contributed by atoms with E-state index in [1.54, 1.807) is 0 Å². The molecule has 0 saturated heterocycles. The van der Waals surface area contributed by atoms with Crippen molar-refractivity contribution in [3.8, 4) is 0 Å². The Labute approximate surface area is 558 Å². The minimum atomic E-state index is -0.661. The van der Waals surface area contributed by atoms with E-state index in [0.29, 0.717) is 25.9 Å². The lowest BCUT2D eigenvalue weighted by atomic mass is 10.0. The van der Waals surface area contributed by atoms with Gasteiger partial charge in [0.1, 0.15) is 0 Å². The molecule has 0 bridgehead atoms. The standard InChI is InChI=1S/C83H161NO5/c1-3-5-7-9-11-13-15-17-19-21-41-44-47-51-55-59-63-67-71-75-81(86)80(79-85)84-82(87)76-72-68-64-60-56-52-48-45-42-39-37-35-33-31-29-27-25-23-22-24-26-28-30-32-34-36-38-40-43-46-50-54-58-62-66-70-74-78-89-83(88)77-73-69-65-61-57-53-49-20-18-16-14-12-10-8-6-4-2/h14,16,20,49,80-81,85-86H,3-13,15,17-19,21-48,50-79H2,1-2H3,(H,84,87)/b16-14-,49-20-. The van der Waals surface area contributed by atoms with E-state index in [-0.39, 0.29) is 18.5 Å². The van der Waals surface area contributed by atoms with Gasteiger partial charge >= 0.3 is 5.97 Å². The van der Waals surface area contributed by atoms with Crippen LogP contribution in [-0.4, -0.2) is 47.4 Å². The smallest absolute Gasteiger partial charge is 0.305 e. The van der Waals surface area contributed by atoms with Crippen molar-refractivity contribution in [3.05, 3.63) is 24.3 Å². The number of aliphatic hydroxyl groups is 2. The zero-order valence-electron chi connectivity index (χ0n) is 60.7. The van der Waals surface area contributed by atoms with Gasteiger partial charge in [0.2, 0.25) is 5.91 Å². The third kappa shape index (κ3) is 75.3. The van der Waals surface area contributed by atoms with Crippen molar-refractivity contribution in [1.82, 2.24) is 5.32 Å². The first-order valence-corrected chi connectivity index (χ1v) is 41.1. The molecule has 0 aliphatic rings. The molecular weight excluding hydrogens is 1090 g/mol. The van der Waals surface area contributed by atoms with Crippen LogP contribution in [0.5, 0.6) is 0 Å². The first-order chi connectivity index (χ1) is 44.0. The fourth-order valence-electron chi connectivity index (χ4n) is 13.3. The SMILES string of the molecule is CCCCCC/C=C\C/C=C\CCCCCCCC(=O)OCCCCCCCCCCCCCCCCCCCCCCCCCCCCCCCCCCCCCCCC(=O)NC(CO)C(O)CCCCCCCCCCCCCCCCCCCCC. The van der Waals surface area contributed by atoms with E-state index in [0.717, 1.165) is 51.4 Å². The summed E-state index contributed by atoms with van der Waals surface area (Å²) in [6.45, 7) is 4.98. The highest BCUT2D eigenvalue weighted by atomic mass is 16.5. The Bertz CT molecular complexity index is 1400. The van der Waals surface area contributed by atoms with Gasteiger partial charge in [-0.15, -0.1) is 0 Å². The second-order valence-corrected chi connectivity index (χ2v) is 28.5. The molecule has 0 radical (unpaired) electrons. The Morgan fingerprint density at radius 1 is 0.315 bits per heavy atom. The summed E-state index contributed by atoms with van der Waals surface area (Å²) in [6, 6.07) is -0.537. The Morgan fingerprint density at radius 2 is 0.562 bits per heavy atom. The fourth-order valence-corrected chi connectivity index (χ4v) is 13.3. The maximum atomic E-state index is 12.6. The van der Waals surface area contributed by atoms with Crippen LogP contribution in [0.1, 0.15) is 470 Å². The minimum Gasteiger partial charge on any atom is -0.466 e. The Morgan fingerprint density at radius 3 is 0.865 bits per heavy atom. The quantitative estimate of drug-likeness (QED) is 0.0320. The van der Waals surface area contributed by atoms with Gasteiger partial charge < -0.3 is 20.3 Å². The van der Waals surface area contributed by atoms with E-state index in [2.05, 4.69) is 43.5 Å². The number of amides is 1. The predicted molar refractivity (Wildman–Crippen MR) is 393 cm³/mol. The maximum Gasteiger partial charge on any atom is 0.305 e. The molecule has 0 saturated carbocycles. The summed E-state index contributed by atoms with van der Waals surface area (Å²) in [6.07, 6.45) is 101. The molecule has 528 valence electrons. The molecule has 0 spiro atoms. The van der Waals surface area contributed by atoms with Crippen LogP contribution in [0.4, 0.5) is 0 Å². The molecule has 0 aromatic rings. The highest BCUT2D eigenvalue weighted by molar-refractivity contribution is 5.76. The molecule has 6 nitrogen and oxygen atoms in total. The molecule has 0 rings (SSSR count). The van der Waals surface area contributed by atoms with Gasteiger partial charge in [0.05, 0.1) is 25.4 Å². The number of esters is 1. The molecule has 0 aliphatic heterocycles. The molecule has 3 N–H and O–H groups in total. The van der Waals surface area contributed by atoms with Crippen LogP contribution >= 0.6 is 0 Å². The molecule has 0 aromatic carbocycles.